The van der Waals surface area contributed by atoms with Crippen molar-refractivity contribution in [2.24, 2.45) is 5.92 Å². The highest BCUT2D eigenvalue weighted by Gasteiger charge is 2.37. The van der Waals surface area contributed by atoms with Crippen molar-refractivity contribution in [3.63, 3.8) is 0 Å². The topological polar surface area (TPSA) is 107 Å². The molecule has 0 saturated heterocycles. The maximum atomic E-state index is 12.3. The summed E-state index contributed by atoms with van der Waals surface area (Å²) in [5.74, 6) is -0.621. The molecular formula is C18H22N4O3. The number of carbonyl (C=O) groups is 2. The summed E-state index contributed by atoms with van der Waals surface area (Å²) in [5.41, 5.74) is 1.57. The number of aromatic amines is 1. The molecule has 7 heteroatoms. The van der Waals surface area contributed by atoms with Crippen molar-refractivity contribution in [1.82, 2.24) is 20.6 Å². The van der Waals surface area contributed by atoms with Gasteiger partial charge in [-0.15, -0.1) is 0 Å². The monoisotopic (exact) mass is 342 g/mol. The molecule has 4 N–H and O–H groups in total. The van der Waals surface area contributed by atoms with Crippen molar-refractivity contribution < 1.29 is 14.7 Å². The summed E-state index contributed by atoms with van der Waals surface area (Å²) in [6.45, 7) is 0.525. The van der Waals surface area contributed by atoms with E-state index in [1.165, 1.54) is 0 Å². The van der Waals surface area contributed by atoms with Crippen molar-refractivity contribution >= 4 is 11.8 Å². The van der Waals surface area contributed by atoms with Crippen LogP contribution in [0, 0.1) is 5.92 Å². The zero-order chi connectivity index (χ0) is 17.6. The summed E-state index contributed by atoms with van der Waals surface area (Å²) < 4.78 is 0. The van der Waals surface area contributed by atoms with Crippen LogP contribution in [0.2, 0.25) is 0 Å². The molecule has 2 aromatic heterocycles. The van der Waals surface area contributed by atoms with Crippen LogP contribution in [-0.2, 0) is 11.2 Å². The van der Waals surface area contributed by atoms with Crippen molar-refractivity contribution in [1.29, 1.82) is 0 Å². The van der Waals surface area contributed by atoms with Gasteiger partial charge in [-0.25, -0.2) is 0 Å². The maximum Gasteiger partial charge on any atom is 0.253 e. The van der Waals surface area contributed by atoms with Crippen LogP contribution in [0.5, 0.6) is 0 Å². The Morgan fingerprint density at radius 1 is 1.32 bits per heavy atom. The van der Waals surface area contributed by atoms with Gasteiger partial charge in [0.25, 0.3) is 5.91 Å². The highest BCUT2D eigenvalue weighted by molar-refractivity contribution is 5.94. The number of hydrogen-bond acceptors (Lipinski definition) is 4. The molecule has 0 aromatic carbocycles. The van der Waals surface area contributed by atoms with E-state index in [9.17, 15) is 14.7 Å². The van der Waals surface area contributed by atoms with Crippen molar-refractivity contribution in [3.8, 4) is 0 Å². The van der Waals surface area contributed by atoms with Crippen molar-refractivity contribution in [2.75, 3.05) is 6.54 Å². The lowest BCUT2D eigenvalue weighted by molar-refractivity contribution is -0.125. The number of hydrogen-bond donors (Lipinski definition) is 4. The van der Waals surface area contributed by atoms with E-state index in [-0.39, 0.29) is 17.7 Å². The Kier molecular flexibility index (Phi) is 5.45. The molecule has 0 aliphatic heterocycles. The first-order valence-corrected chi connectivity index (χ1v) is 8.42. The molecule has 3 atom stereocenters. The minimum absolute atomic E-state index is 0.0821. The van der Waals surface area contributed by atoms with E-state index in [0.717, 1.165) is 5.56 Å². The Morgan fingerprint density at radius 2 is 2.20 bits per heavy atom. The molecule has 0 radical (unpaired) electrons. The van der Waals surface area contributed by atoms with Gasteiger partial charge in [0, 0.05) is 37.3 Å². The van der Waals surface area contributed by atoms with Gasteiger partial charge in [0.2, 0.25) is 5.91 Å². The molecule has 1 fully saturated rings. The molecule has 0 spiro atoms. The predicted octanol–water partition coefficient (Wildman–Crippen LogP) is 0.638. The number of aliphatic hydroxyl groups excluding tert-OH is 1. The summed E-state index contributed by atoms with van der Waals surface area (Å²) in [6.07, 6.45) is 7.55. The highest BCUT2D eigenvalue weighted by atomic mass is 16.3. The first kappa shape index (κ1) is 17.2. The third kappa shape index (κ3) is 4.45. The summed E-state index contributed by atoms with van der Waals surface area (Å²) in [4.78, 5) is 31.2. The SMILES string of the molecule is O=C(N[C@@H]1C[C@H](C(=O)NCCc2cccnc2)C[C@H]1O)c1cc[nH]c1. The van der Waals surface area contributed by atoms with E-state index in [0.29, 0.717) is 31.4 Å². The number of amides is 2. The van der Waals surface area contributed by atoms with Gasteiger partial charge in [0.15, 0.2) is 0 Å². The van der Waals surface area contributed by atoms with Crippen LogP contribution >= 0.6 is 0 Å². The fraction of sp³-hybridized carbons (Fsp3) is 0.389. The molecule has 3 rings (SSSR count). The number of carbonyl (C=O) groups excluding carboxylic acids is 2. The number of rotatable bonds is 6. The van der Waals surface area contributed by atoms with Crippen LogP contribution in [0.4, 0.5) is 0 Å². The first-order chi connectivity index (χ1) is 12.1. The smallest absolute Gasteiger partial charge is 0.253 e. The van der Waals surface area contributed by atoms with Gasteiger partial charge in [0.1, 0.15) is 0 Å². The van der Waals surface area contributed by atoms with Crippen LogP contribution in [0.25, 0.3) is 0 Å². The highest BCUT2D eigenvalue weighted by Crippen LogP contribution is 2.26. The van der Waals surface area contributed by atoms with E-state index >= 15 is 0 Å². The Morgan fingerprint density at radius 3 is 2.92 bits per heavy atom. The van der Waals surface area contributed by atoms with Crippen LogP contribution in [0.3, 0.4) is 0 Å². The van der Waals surface area contributed by atoms with Gasteiger partial charge >= 0.3 is 0 Å². The standard InChI is InChI=1S/C18H22N4O3/c23-16-9-14(8-15(16)22-18(25)13-4-6-20-11-13)17(24)21-7-3-12-2-1-5-19-10-12/h1-2,4-6,10-11,14-16,20,23H,3,7-9H2,(H,21,24)(H,22,25)/t14-,15+,16+/m0/s1. The third-order valence-corrected chi connectivity index (χ3v) is 4.51. The number of nitrogens with zero attached hydrogens (tertiary/aromatic N) is 1. The van der Waals surface area contributed by atoms with Gasteiger partial charge in [-0.3, -0.25) is 14.6 Å². The van der Waals surface area contributed by atoms with E-state index < -0.39 is 12.1 Å². The predicted molar refractivity (Wildman–Crippen MR) is 91.7 cm³/mol. The molecule has 2 amide bonds. The molecule has 2 aromatic rings. The molecule has 1 aliphatic carbocycles. The Labute approximate surface area is 145 Å². The molecule has 132 valence electrons. The Bertz CT molecular complexity index is 702. The molecule has 0 bridgehead atoms. The number of H-pyrrole nitrogens is 1. The average molecular weight is 342 g/mol. The zero-order valence-electron chi connectivity index (χ0n) is 13.8. The molecule has 0 unspecified atom stereocenters. The van der Waals surface area contributed by atoms with Gasteiger partial charge in [-0.2, -0.15) is 0 Å². The van der Waals surface area contributed by atoms with Crippen molar-refractivity contribution in [2.45, 2.75) is 31.4 Å². The molecule has 1 aliphatic rings. The summed E-state index contributed by atoms with van der Waals surface area (Å²) >= 11 is 0. The minimum atomic E-state index is -0.711. The van der Waals surface area contributed by atoms with E-state index in [1.807, 2.05) is 12.1 Å². The minimum Gasteiger partial charge on any atom is -0.391 e. The molecule has 1 saturated carbocycles. The lowest BCUT2D eigenvalue weighted by atomic mass is 10.1. The number of pyridine rings is 1. The summed E-state index contributed by atoms with van der Waals surface area (Å²) in [5, 5.41) is 15.8. The summed E-state index contributed by atoms with van der Waals surface area (Å²) in [6, 6.07) is 5.09. The Balaban J connectivity index is 1.45. The van der Waals surface area contributed by atoms with Crippen LogP contribution in [-0.4, -0.2) is 45.6 Å². The molecular weight excluding hydrogens is 320 g/mol. The number of aliphatic hydroxyl groups is 1. The Hall–Kier alpha value is -2.67. The second-order valence-corrected chi connectivity index (χ2v) is 6.32. The van der Waals surface area contributed by atoms with Crippen LogP contribution in [0.1, 0.15) is 28.8 Å². The molecule has 25 heavy (non-hydrogen) atoms. The van der Waals surface area contributed by atoms with Gasteiger partial charge < -0.3 is 20.7 Å². The fourth-order valence-electron chi connectivity index (χ4n) is 3.12. The third-order valence-electron chi connectivity index (χ3n) is 4.51. The largest absolute Gasteiger partial charge is 0.391 e. The quantitative estimate of drug-likeness (QED) is 0.618. The van der Waals surface area contributed by atoms with E-state index in [1.54, 1.807) is 30.9 Å². The number of aromatic nitrogens is 2. The normalized spacial score (nSPS) is 22.5. The average Bonchev–Trinajstić information content (AvgIpc) is 3.26. The lowest BCUT2D eigenvalue weighted by Crippen LogP contribution is -2.40. The number of nitrogens with one attached hydrogen (secondary N) is 3. The second kappa shape index (κ2) is 7.94. The second-order valence-electron chi connectivity index (χ2n) is 6.32. The molecule has 7 nitrogen and oxygen atoms in total. The van der Waals surface area contributed by atoms with Gasteiger partial charge in [0.05, 0.1) is 17.7 Å². The van der Waals surface area contributed by atoms with Gasteiger partial charge in [-0.05, 0) is 37.0 Å². The maximum absolute atomic E-state index is 12.3. The van der Waals surface area contributed by atoms with Crippen molar-refractivity contribution in [3.05, 3.63) is 54.1 Å². The van der Waals surface area contributed by atoms with Crippen LogP contribution < -0.4 is 10.6 Å². The van der Waals surface area contributed by atoms with Gasteiger partial charge in [-0.1, -0.05) is 6.07 Å². The lowest BCUT2D eigenvalue weighted by Gasteiger charge is -2.15. The van der Waals surface area contributed by atoms with Crippen LogP contribution in [0.15, 0.2) is 43.0 Å². The van der Waals surface area contributed by atoms with E-state index in [2.05, 4.69) is 20.6 Å². The molecule has 2 heterocycles. The summed E-state index contributed by atoms with van der Waals surface area (Å²) in [7, 11) is 0. The van der Waals surface area contributed by atoms with E-state index in [4.69, 9.17) is 0 Å². The fourth-order valence-corrected chi connectivity index (χ4v) is 3.12. The zero-order valence-corrected chi connectivity index (χ0v) is 13.8. The first-order valence-electron chi connectivity index (χ1n) is 8.42.